The molecule has 0 saturated carbocycles. The first kappa shape index (κ1) is 26.1. The van der Waals surface area contributed by atoms with Gasteiger partial charge in [0.2, 0.25) is 5.91 Å². The van der Waals surface area contributed by atoms with Crippen LogP contribution in [0.25, 0.3) is 0 Å². The lowest BCUT2D eigenvalue weighted by atomic mass is 10.0. The van der Waals surface area contributed by atoms with Crippen LogP contribution < -0.4 is 15.0 Å². The fourth-order valence-electron chi connectivity index (χ4n) is 4.14. The Morgan fingerprint density at radius 3 is 2.38 bits per heavy atom. The quantitative estimate of drug-likeness (QED) is 0.336. The Labute approximate surface area is 221 Å². The van der Waals surface area contributed by atoms with Crippen LogP contribution in [0.4, 0.5) is 5.69 Å². The van der Waals surface area contributed by atoms with Crippen molar-refractivity contribution in [3.8, 4) is 11.8 Å². The Hall–Kier alpha value is -4.02. The molecule has 0 aromatic heterocycles. The SMILES string of the molecule is COc1ccc(CCNC(=O)/C(C#N)=C2/S[C@@H](Cc3ccc(C)c(C)c3)C(=O)N2c2ccccc2)cc1. The highest BCUT2D eigenvalue weighted by atomic mass is 32.2. The second kappa shape index (κ2) is 11.8. The van der Waals surface area contributed by atoms with E-state index in [2.05, 4.69) is 30.4 Å². The summed E-state index contributed by atoms with van der Waals surface area (Å²) in [4.78, 5) is 28.2. The van der Waals surface area contributed by atoms with Crippen molar-refractivity contribution in [3.05, 3.63) is 106 Å². The molecule has 188 valence electrons. The number of thioether (sulfide) groups is 1. The second-order valence-electron chi connectivity index (χ2n) is 8.88. The lowest BCUT2D eigenvalue weighted by Crippen LogP contribution is -2.32. The monoisotopic (exact) mass is 511 g/mol. The zero-order valence-electron chi connectivity index (χ0n) is 21.2. The number of amides is 2. The van der Waals surface area contributed by atoms with E-state index in [1.54, 1.807) is 7.11 Å². The second-order valence-corrected chi connectivity index (χ2v) is 10.1. The van der Waals surface area contributed by atoms with E-state index in [0.29, 0.717) is 30.1 Å². The summed E-state index contributed by atoms with van der Waals surface area (Å²) >= 11 is 1.28. The van der Waals surface area contributed by atoms with Gasteiger partial charge in [0.15, 0.2) is 0 Å². The van der Waals surface area contributed by atoms with Crippen LogP contribution in [-0.4, -0.2) is 30.7 Å². The molecule has 4 rings (SSSR count). The molecule has 0 spiro atoms. The minimum atomic E-state index is -0.487. The van der Waals surface area contributed by atoms with Crippen LogP contribution in [0.5, 0.6) is 5.75 Å². The maximum absolute atomic E-state index is 13.6. The molecule has 2 amide bonds. The summed E-state index contributed by atoms with van der Waals surface area (Å²) in [5.74, 6) is 0.144. The Bertz CT molecular complexity index is 1360. The van der Waals surface area contributed by atoms with Gasteiger partial charge in [0, 0.05) is 12.2 Å². The summed E-state index contributed by atoms with van der Waals surface area (Å²) in [5, 5.41) is 12.8. The van der Waals surface area contributed by atoms with Crippen molar-refractivity contribution in [1.29, 1.82) is 5.26 Å². The Morgan fingerprint density at radius 2 is 1.73 bits per heavy atom. The number of carbonyl (C=O) groups excluding carboxylic acids is 2. The number of hydrogen-bond donors (Lipinski definition) is 1. The molecule has 1 saturated heterocycles. The normalized spacial score (nSPS) is 16.3. The first-order valence-corrected chi connectivity index (χ1v) is 13.0. The number of ether oxygens (including phenoxy) is 1. The van der Waals surface area contributed by atoms with Gasteiger partial charge in [0.05, 0.1) is 12.4 Å². The molecule has 0 radical (unpaired) electrons. The number of anilines is 1. The van der Waals surface area contributed by atoms with Crippen molar-refractivity contribution in [2.24, 2.45) is 0 Å². The number of para-hydroxylation sites is 1. The molecule has 1 atom stereocenters. The topological polar surface area (TPSA) is 82.4 Å². The average Bonchev–Trinajstić information content (AvgIpc) is 3.22. The largest absolute Gasteiger partial charge is 0.497 e. The van der Waals surface area contributed by atoms with Crippen molar-refractivity contribution in [1.82, 2.24) is 5.32 Å². The molecule has 1 aliphatic rings. The third-order valence-electron chi connectivity index (χ3n) is 6.37. The molecule has 3 aromatic rings. The van der Waals surface area contributed by atoms with Crippen LogP contribution >= 0.6 is 11.8 Å². The highest BCUT2D eigenvalue weighted by Crippen LogP contribution is 2.41. The number of nitrogens with zero attached hydrogens (tertiary/aromatic N) is 2. The van der Waals surface area contributed by atoms with Crippen LogP contribution in [0.2, 0.25) is 0 Å². The van der Waals surface area contributed by atoms with Gasteiger partial charge in [-0.25, -0.2) is 0 Å². The fraction of sp³-hybridized carbons (Fsp3) is 0.233. The molecule has 1 heterocycles. The van der Waals surface area contributed by atoms with Gasteiger partial charge in [-0.05, 0) is 73.2 Å². The van der Waals surface area contributed by atoms with E-state index in [4.69, 9.17) is 4.74 Å². The smallest absolute Gasteiger partial charge is 0.264 e. The number of carbonyl (C=O) groups is 2. The highest BCUT2D eigenvalue weighted by molar-refractivity contribution is 8.05. The van der Waals surface area contributed by atoms with E-state index >= 15 is 0 Å². The maximum atomic E-state index is 13.6. The molecule has 3 aromatic carbocycles. The van der Waals surface area contributed by atoms with E-state index in [0.717, 1.165) is 22.4 Å². The third-order valence-corrected chi connectivity index (χ3v) is 7.63. The molecule has 7 heteroatoms. The standard InChI is InChI=1S/C30H29N3O3S/c1-20-9-10-23(17-21(20)2)18-27-29(35)33(24-7-5-4-6-8-24)30(37-27)26(19-31)28(34)32-16-15-22-11-13-25(36-3)14-12-22/h4-14,17,27H,15-16,18H2,1-3H3,(H,32,34)/b30-26+/t27-/m0/s1. The van der Waals surface area contributed by atoms with Gasteiger partial charge in [-0.2, -0.15) is 5.26 Å². The predicted octanol–water partition coefficient (Wildman–Crippen LogP) is 5.10. The molecule has 0 bridgehead atoms. The highest BCUT2D eigenvalue weighted by Gasteiger charge is 2.40. The molecule has 1 aliphatic heterocycles. The van der Waals surface area contributed by atoms with Gasteiger partial charge < -0.3 is 10.1 Å². The lowest BCUT2D eigenvalue weighted by molar-refractivity contribution is -0.117. The first-order chi connectivity index (χ1) is 17.9. The number of rotatable bonds is 8. The van der Waals surface area contributed by atoms with Crippen LogP contribution in [0.1, 0.15) is 22.3 Å². The number of methoxy groups -OCH3 is 1. The van der Waals surface area contributed by atoms with Crippen molar-refractivity contribution in [3.63, 3.8) is 0 Å². The summed E-state index contributed by atoms with van der Waals surface area (Å²) in [6, 6.07) is 25.0. The Kier molecular flexibility index (Phi) is 8.32. The van der Waals surface area contributed by atoms with Crippen LogP contribution in [0.3, 0.4) is 0 Å². The molecular formula is C30H29N3O3S. The van der Waals surface area contributed by atoms with E-state index in [1.165, 1.54) is 22.2 Å². The van der Waals surface area contributed by atoms with Gasteiger partial charge in [0.25, 0.3) is 5.91 Å². The zero-order valence-corrected chi connectivity index (χ0v) is 22.0. The molecule has 1 N–H and O–H groups in total. The van der Waals surface area contributed by atoms with E-state index in [-0.39, 0.29) is 11.5 Å². The van der Waals surface area contributed by atoms with Gasteiger partial charge in [0.1, 0.15) is 22.4 Å². The average molecular weight is 512 g/mol. The van der Waals surface area contributed by atoms with Gasteiger partial charge in [-0.3, -0.25) is 14.5 Å². The van der Waals surface area contributed by atoms with Crippen LogP contribution in [-0.2, 0) is 22.4 Å². The summed E-state index contributed by atoms with van der Waals surface area (Å²) in [6.45, 7) is 4.47. The number of nitrogens with one attached hydrogen (secondary N) is 1. The fourth-order valence-corrected chi connectivity index (χ4v) is 5.45. The maximum Gasteiger partial charge on any atom is 0.264 e. The molecule has 0 unspecified atom stereocenters. The third kappa shape index (κ3) is 6.04. The van der Waals surface area contributed by atoms with Crippen molar-refractivity contribution >= 4 is 29.3 Å². The van der Waals surface area contributed by atoms with Crippen molar-refractivity contribution in [2.45, 2.75) is 31.9 Å². The van der Waals surface area contributed by atoms with Gasteiger partial charge in [-0.1, -0.05) is 60.3 Å². The molecule has 37 heavy (non-hydrogen) atoms. The molecule has 6 nitrogen and oxygen atoms in total. The Morgan fingerprint density at radius 1 is 1.03 bits per heavy atom. The first-order valence-electron chi connectivity index (χ1n) is 12.1. The summed E-state index contributed by atoms with van der Waals surface area (Å²) in [7, 11) is 1.61. The van der Waals surface area contributed by atoms with Gasteiger partial charge in [-0.15, -0.1) is 0 Å². The molecule has 1 fully saturated rings. The lowest BCUT2D eigenvalue weighted by Gasteiger charge is -2.18. The molecular weight excluding hydrogens is 482 g/mol. The minimum absolute atomic E-state index is 0.0560. The van der Waals surface area contributed by atoms with E-state index in [9.17, 15) is 14.9 Å². The van der Waals surface area contributed by atoms with E-state index in [1.807, 2.05) is 67.6 Å². The van der Waals surface area contributed by atoms with Crippen molar-refractivity contribution in [2.75, 3.05) is 18.6 Å². The number of nitriles is 1. The summed E-state index contributed by atoms with van der Waals surface area (Å²) < 4.78 is 5.18. The van der Waals surface area contributed by atoms with Crippen LogP contribution in [0.15, 0.2) is 83.4 Å². The predicted molar refractivity (Wildman–Crippen MR) is 147 cm³/mol. The molecule has 0 aliphatic carbocycles. The zero-order chi connectivity index (χ0) is 26.4. The summed E-state index contributed by atoms with van der Waals surface area (Å²) in [6.07, 6.45) is 1.11. The Balaban J connectivity index is 1.57. The minimum Gasteiger partial charge on any atom is -0.497 e. The number of benzene rings is 3. The van der Waals surface area contributed by atoms with Gasteiger partial charge >= 0.3 is 0 Å². The number of hydrogen-bond acceptors (Lipinski definition) is 5. The van der Waals surface area contributed by atoms with Crippen molar-refractivity contribution < 1.29 is 14.3 Å². The summed E-state index contributed by atoms with van der Waals surface area (Å²) in [5.41, 5.74) is 5.02. The van der Waals surface area contributed by atoms with Crippen LogP contribution in [0, 0.1) is 25.2 Å². The van der Waals surface area contributed by atoms with E-state index < -0.39 is 11.2 Å². The number of aryl methyl sites for hydroxylation is 2.